The maximum Gasteiger partial charge on any atom is 0.340 e. The number of ether oxygens (including phenoxy) is 2. The number of phenolic OH excluding ortho intramolecular Hbond substituents is 2. The molecule has 4 saturated heterocycles. The van der Waals surface area contributed by atoms with Crippen molar-refractivity contribution in [2.75, 3.05) is 64.2 Å². The number of rotatable bonds is 13. The fraction of sp³-hybridized carbons (Fsp3) is 0.529. The number of esters is 1. The molecule has 30 nitrogen and oxygen atoms in total. The molecule has 7 heterocycles. The van der Waals surface area contributed by atoms with Crippen molar-refractivity contribution in [1.82, 2.24) is 50.7 Å². The monoisotopic (exact) mass is 1420 g/mol. The summed E-state index contributed by atoms with van der Waals surface area (Å²) in [6.45, 7) is 2.59. The number of carbonyl (C=O) groups is 12. The number of benzene rings is 3. The lowest BCUT2D eigenvalue weighted by Gasteiger charge is -2.36. The van der Waals surface area contributed by atoms with E-state index in [2.05, 4.69) is 26.6 Å². The van der Waals surface area contributed by atoms with Crippen LogP contribution in [0.3, 0.4) is 0 Å². The Labute approximate surface area is 588 Å². The summed E-state index contributed by atoms with van der Waals surface area (Å²) >= 11 is 5.68. The molecule has 8 atom stereocenters. The van der Waals surface area contributed by atoms with Gasteiger partial charge in [-0.2, -0.15) is 0 Å². The minimum atomic E-state index is -1.61. The van der Waals surface area contributed by atoms with E-state index in [1.165, 1.54) is 62.6 Å². The number of phenols is 2. The third kappa shape index (κ3) is 16.8. The van der Waals surface area contributed by atoms with E-state index >= 15 is 0 Å². The summed E-state index contributed by atoms with van der Waals surface area (Å²) in [6.07, 6.45) is 6.53. The highest BCUT2D eigenvalue weighted by molar-refractivity contribution is 7.80. The Kier molecular flexibility index (Phi) is 23.8. The van der Waals surface area contributed by atoms with Crippen LogP contribution in [0.25, 0.3) is 0 Å². The van der Waals surface area contributed by atoms with Gasteiger partial charge in [0, 0.05) is 93.2 Å². The summed E-state index contributed by atoms with van der Waals surface area (Å²) in [7, 11) is 0. The van der Waals surface area contributed by atoms with Gasteiger partial charge in [0.05, 0.1) is 24.8 Å². The summed E-state index contributed by atoms with van der Waals surface area (Å²) in [5.41, 5.74) is 6.28. The predicted molar refractivity (Wildman–Crippen MR) is 365 cm³/mol. The lowest BCUT2D eigenvalue weighted by atomic mass is 9.77. The van der Waals surface area contributed by atoms with Crippen LogP contribution < -0.4 is 37.1 Å². The van der Waals surface area contributed by atoms with E-state index in [0.717, 1.165) is 4.90 Å². The molecular formula is C70H88N12O18S. The quantitative estimate of drug-likeness (QED) is 0.0507. The molecular weight excluding hydrogens is 1330 g/mol. The van der Waals surface area contributed by atoms with Gasteiger partial charge in [-0.3, -0.25) is 52.7 Å². The molecule has 7 aliphatic heterocycles. The van der Waals surface area contributed by atoms with E-state index in [1.807, 2.05) is 0 Å². The fourth-order valence-electron chi connectivity index (χ4n) is 14.6. The molecule has 3 aromatic rings. The van der Waals surface area contributed by atoms with Crippen molar-refractivity contribution >= 4 is 94.0 Å². The third-order valence-electron chi connectivity index (χ3n) is 19.7. The first-order chi connectivity index (χ1) is 48.3. The van der Waals surface area contributed by atoms with Crippen LogP contribution in [0.4, 0.5) is 5.69 Å². The van der Waals surface area contributed by atoms with E-state index in [4.69, 9.17) is 27.4 Å². The number of aromatic hydroxyl groups is 2. The number of likely N-dealkylation sites (tertiary alicyclic amines) is 1. The minimum Gasteiger partial charge on any atom is -0.508 e. The van der Waals surface area contributed by atoms with Crippen LogP contribution in [0.2, 0.25) is 0 Å². The van der Waals surface area contributed by atoms with E-state index in [1.54, 1.807) is 42.5 Å². The second-order valence-corrected chi connectivity index (χ2v) is 27.1. The van der Waals surface area contributed by atoms with Crippen molar-refractivity contribution < 1.29 is 87.4 Å². The molecule has 4 fully saturated rings. The minimum absolute atomic E-state index is 0.0827. The fourth-order valence-corrected chi connectivity index (χ4v) is 14.9. The molecule has 101 heavy (non-hydrogen) atoms. The van der Waals surface area contributed by atoms with Crippen LogP contribution in [0.1, 0.15) is 150 Å². The van der Waals surface area contributed by atoms with Gasteiger partial charge in [0.25, 0.3) is 0 Å². The van der Waals surface area contributed by atoms with Crippen LogP contribution in [0.15, 0.2) is 66.7 Å². The molecule has 0 unspecified atom stereocenters. The van der Waals surface area contributed by atoms with Gasteiger partial charge < -0.3 is 91.6 Å². The number of aliphatic carboxylic acids is 1. The molecule has 0 radical (unpaired) electrons. The van der Waals surface area contributed by atoms with Gasteiger partial charge >= 0.3 is 11.9 Å². The number of nitrogens with two attached hydrogens (primary N) is 1. The molecule has 31 heteroatoms. The number of thiocarbonyl (C=S) groups is 1. The predicted octanol–water partition coefficient (Wildman–Crippen LogP) is 2.08. The number of carbonyl (C=O) groups excluding carboxylic acids is 11. The number of nitrogens with zero attached hydrogens (tertiary/aromatic N) is 6. The molecule has 10 amide bonds. The van der Waals surface area contributed by atoms with Crippen molar-refractivity contribution in [2.24, 2.45) is 5.73 Å². The topological polar surface area (TPSA) is 410 Å². The maximum absolute atomic E-state index is 14.9. The second-order valence-electron chi connectivity index (χ2n) is 26.7. The highest BCUT2D eigenvalue weighted by Gasteiger charge is 2.54. The van der Waals surface area contributed by atoms with Crippen molar-refractivity contribution in [3.05, 3.63) is 89.0 Å². The summed E-state index contributed by atoms with van der Waals surface area (Å²) in [5.74, 6) is -8.13. The van der Waals surface area contributed by atoms with Gasteiger partial charge in [0.2, 0.25) is 59.1 Å². The van der Waals surface area contributed by atoms with Gasteiger partial charge in [-0.1, -0.05) is 18.6 Å². The second kappa shape index (κ2) is 32.6. The SMILES string of the molecule is C[C@@H]1NC(=O)[C@H]([C@@H](C)O)NC(=O)[C@@H]2CCCN2C(=O)CN(C(=O)[C@@H]2CCCN2C(=O)CCCCNC(=S)Nc2ccc3c(c2)C2(OC3=O)c3ccc(O)cc3Oc3cc(O)ccc32)CCCCC/C=C\CN(CC(N)=O)C(=O)[C@H](CCC(=O)O)NC(=O)[C@@H]2CCCN2C(=O)[C@@H]2CCCN2C1=O. The maximum atomic E-state index is 14.9. The van der Waals surface area contributed by atoms with Crippen LogP contribution >= 0.6 is 12.2 Å². The van der Waals surface area contributed by atoms with Gasteiger partial charge in [-0.05, 0) is 158 Å². The van der Waals surface area contributed by atoms with Crippen LogP contribution in [0.5, 0.6) is 23.0 Å². The van der Waals surface area contributed by atoms with Gasteiger partial charge in [-0.15, -0.1) is 0 Å². The Bertz CT molecular complexity index is 3720. The number of carboxylic acid groups (broad SMARTS) is 1. The smallest absolute Gasteiger partial charge is 0.340 e. The summed E-state index contributed by atoms with van der Waals surface area (Å²) in [4.78, 5) is 174. The van der Waals surface area contributed by atoms with Gasteiger partial charge in [-0.25, -0.2) is 4.79 Å². The van der Waals surface area contributed by atoms with E-state index in [-0.39, 0.29) is 104 Å². The van der Waals surface area contributed by atoms with Crippen molar-refractivity contribution in [2.45, 2.75) is 177 Å². The first-order valence-electron chi connectivity index (χ1n) is 34.6. The molecule has 10 rings (SSSR count). The third-order valence-corrected chi connectivity index (χ3v) is 19.9. The average Bonchev–Trinajstić information content (AvgIpc) is 1.61. The van der Waals surface area contributed by atoms with Gasteiger partial charge in [0.1, 0.15) is 65.3 Å². The Morgan fingerprint density at radius 1 is 0.693 bits per heavy atom. The number of aliphatic hydroxyl groups excluding tert-OH is 1. The van der Waals surface area contributed by atoms with Crippen molar-refractivity contribution in [3.63, 3.8) is 0 Å². The lowest BCUT2D eigenvalue weighted by Crippen LogP contribution is -2.60. The largest absolute Gasteiger partial charge is 0.508 e. The van der Waals surface area contributed by atoms with E-state index in [9.17, 15) is 78.0 Å². The number of nitrogens with one attached hydrogen (secondary N) is 5. The number of carboxylic acids is 1. The first kappa shape index (κ1) is 73.8. The van der Waals surface area contributed by atoms with Crippen LogP contribution in [-0.4, -0.2) is 233 Å². The number of allylic oxidation sites excluding steroid dienone is 1. The lowest BCUT2D eigenvalue weighted by molar-refractivity contribution is -0.148. The summed E-state index contributed by atoms with van der Waals surface area (Å²) < 4.78 is 12.3. The molecule has 0 bridgehead atoms. The molecule has 0 aliphatic carbocycles. The highest BCUT2D eigenvalue weighted by atomic mass is 32.1. The Balaban J connectivity index is 0.800. The Hall–Kier alpha value is -9.91. The zero-order valence-corrected chi connectivity index (χ0v) is 57.3. The van der Waals surface area contributed by atoms with E-state index < -0.39 is 139 Å². The van der Waals surface area contributed by atoms with Crippen LogP contribution in [0, 0.1) is 0 Å². The summed E-state index contributed by atoms with van der Waals surface area (Å²) in [6, 6.07) is 5.47. The number of unbranched alkanes of at least 4 members (excludes halogenated alkanes) is 1. The molecule has 0 aromatic heterocycles. The van der Waals surface area contributed by atoms with Crippen molar-refractivity contribution in [3.8, 4) is 23.0 Å². The zero-order chi connectivity index (χ0) is 72.4. The molecule has 0 saturated carbocycles. The molecule has 11 N–H and O–H groups in total. The Morgan fingerprint density at radius 3 is 2.01 bits per heavy atom. The summed E-state index contributed by atoms with van der Waals surface area (Å²) in [5, 5.41) is 55.7. The zero-order valence-electron chi connectivity index (χ0n) is 56.5. The molecule has 542 valence electrons. The average molecular weight is 1420 g/mol. The number of aliphatic hydroxyl groups is 1. The van der Waals surface area contributed by atoms with E-state index in [0.29, 0.717) is 106 Å². The standard InChI is InChI=1S/C70H88N12O18S/c1-40-64(94)82-34-14-18-53(82)67(97)81-33-12-16-51(81)61(91)75-49(26-27-59(89)90)65(95)77(38-56(71)86)29-9-5-3-4-6-10-30-78(39-58(88)79-31-11-15-50(79)62(92)76-60(41(2)83)63(93)73-40)66(96)52-17-13-32-80(52)57(87)19-7-8-28-72-69(101)74-42-20-23-45-48(35-42)70(100-68(45)98)46-24-21-43(84)36-54(46)99-55-37-44(85)22-25-47(55)70/h5,9,20-25,35-37,40-41,49-53,60,83-85H,3-4,6-8,10-19,26-34,38-39H2,1-2H3,(H2,71,86)(H,73,93)(H,75,91)(H,76,92)(H,89,90)(H2,72,74,101)/b9-5-/t40-,41+,49-,50-,51-,52-,53-,60-/m0/s1. The number of anilines is 1. The van der Waals surface area contributed by atoms with Gasteiger partial charge in [0.15, 0.2) is 10.7 Å². The molecule has 3 aromatic carbocycles. The first-order valence-corrected chi connectivity index (χ1v) is 35.0. The number of hydrogen-bond acceptors (Lipinski definition) is 18. The Morgan fingerprint density at radius 2 is 1.34 bits per heavy atom. The number of fused-ring (bicyclic) bond motifs is 9. The normalized spacial score (nSPS) is 24.5. The molecule has 7 aliphatic rings. The number of hydrogen-bond donors (Lipinski definition) is 10. The number of amides is 10. The van der Waals surface area contributed by atoms with Crippen molar-refractivity contribution in [1.29, 1.82) is 0 Å². The van der Waals surface area contributed by atoms with Crippen LogP contribution in [-0.2, 0) is 63.1 Å². The number of primary amides is 1. The highest BCUT2D eigenvalue weighted by Crippen LogP contribution is 2.57. The molecule has 1 spiro atoms.